The van der Waals surface area contributed by atoms with Gasteiger partial charge < -0.3 is 14.4 Å². The summed E-state index contributed by atoms with van der Waals surface area (Å²) in [7, 11) is 0. The topological polar surface area (TPSA) is 77.0 Å². The second-order valence-corrected chi connectivity index (χ2v) is 6.29. The Morgan fingerprint density at radius 1 is 1.04 bits per heavy atom. The molecule has 0 saturated carbocycles. The Bertz CT molecular complexity index is 805. The smallest absolute Gasteiger partial charge is 0.321 e. The predicted molar refractivity (Wildman–Crippen MR) is 92.5 cm³/mol. The molecule has 0 unspecified atom stereocenters. The number of benzene rings is 1. The summed E-state index contributed by atoms with van der Waals surface area (Å²) < 4.78 is 10.3. The van der Waals surface area contributed by atoms with Crippen molar-refractivity contribution in [2.24, 2.45) is 0 Å². The van der Waals surface area contributed by atoms with Crippen LogP contribution in [0.15, 0.2) is 27.2 Å². The molecule has 0 bridgehead atoms. The third-order valence-electron chi connectivity index (χ3n) is 3.61. The van der Waals surface area contributed by atoms with E-state index in [-0.39, 0.29) is 0 Å². The average molecular weight is 367 g/mol. The summed E-state index contributed by atoms with van der Waals surface area (Å²) in [4.78, 5) is 4.30. The van der Waals surface area contributed by atoms with Gasteiger partial charge in [0.05, 0.1) is 5.69 Å². The van der Waals surface area contributed by atoms with Gasteiger partial charge in [-0.15, -0.1) is 0 Å². The van der Waals surface area contributed by atoms with Crippen molar-refractivity contribution in [3.63, 3.8) is 0 Å². The average Bonchev–Trinajstić information content (AvgIpc) is 3.11. The van der Waals surface area contributed by atoms with Gasteiger partial charge in [-0.05, 0) is 44.9 Å². The Balaban J connectivity index is 1.56. The van der Waals surface area contributed by atoms with E-state index >= 15 is 0 Å². The molecule has 2 aromatic heterocycles. The highest BCUT2D eigenvalue weighted by molar-refractivity contribution is 6.35. The van der Waals surface area contributed by atoms with Crippen molar-refractivity contribution in [2.45, 2.75) is 26.7 Å². The summed E-state index contributed by atoms with van der Waals surface area (Å²) in [5.74, 6) is 1.30. The fraction of sp³-hybridized carbons (Fsp3) is 0.312. The third-order valence-corrected chi connectivity index (χ3v) is 4.04. The molecular formula is C16H16Cl2N4O2. The highest BCUT2D eigenvalue weighted by atomic mass is 35.5. The molecule has 0 amide bonds. The van der Waals surface area contributed by atoms with Gasteiger partial charge in [-0.1, -0.05) is 33.5 Å². The van der Waals surface area contributed by atoms with Crippen LogP contribution in [-0.2, 0) is 6.42 Å². The number of hydrogen-bond acceptors (Lipinski definition) is 6. The van der Waals surface area contributed by atoms with E-state index in [1.54, 1.807) is 18.2 Å². The number of anilines is 1. The maximum absolute atomic E-state index is 5.98. The van der Waals surface area contributed by atoms with Crippen molar-refractivity contribution >= 4 is 29.2 Å². The summed E-state index contributed by atoms with van der Waals surface area (Å²) >= 11 is 12.0. The molecule has 8 heteroatoms. The molecule has 0 aliphatic heterocycles. The Morgan fingerprint density at radius 2 is 1.79 bits per heavy atom. The first-order valence-electron chi connectivity index (χ1n) is 7.48. The number of rotatable bonds is 6. The van der Waals surface area contributed by atoms with Crippen LogP contribution in [0.3, 0.4) is 0 Å². The van der Waals surface area contributed by atoms with E-state index in [2.05, 4.69) is 20.6 Å². The second kappa shape index (κ2) is 7.23. The number of nitrogens with one attached hydrogen (secondary N) is 1. The maximum Gasteiger partial charge on any atom is 0.321 e. The van der Waals surface area contributed by atoms with Gasteiger partial charge in [-0.3, -0.25) is 0 Å². The van der Waals surface area contributed by atoms with Crippen LogP contribution < -0.4 is 5.32 Å². The summed E-state index contributed by atoms with van der Waals surface area (Å²) in [5.41, 5.74) is 2.79. The van der Waals surface area contributed by atoms with Crippen molar-refractivity contribution < 1.29 is 9.05 Å². The highest BCUT2D eigenvalue weighted by Gasteiger charge is 2.11. The van der Waals surface area contributed by atoms with E-state index < -0.39 is 0 Å². The van der Waals surface area contributed by atoms with Gasteiger partial charge in [-0.25, -0.2) is 0 Å². The molecule has 0 aliphatic carbocycles. The predicted octanol–water partition coefficient (Wildman–Crippen LogP) is 4.69. The number of halogens is 2. The molecule has 0 aliphatic rings. The minimum Gasteiger partial charge on any atom is -0.361 e. The van der Waals surface area contributed by atoms with Crippen LogP contribution in [0.2, 0.25) is 10.0 Å². The Labute approximate surface area is 149 Å². The van der Waals surface area contributed by atoms with Gasteiger partial charge >= 0.3 is 6.01 Å². The van der Waals surface area contributed by atoms with Crippen molar-refractivity contribution in [3.05, 3.63) is 45.3 Å². The van der Waals surface area contributed by atoms with Crippen LogP contribution in [0, 0.1) is 13.8 Å². The van der Waals surface area contributed by atoms with Crippen molar-refractivity contribution in [2.75, 3.05) is 11.9 Å². The molecule has 0 radical (unpaired) electrons. The molecule has 1 N–H and O–H groups in total. The van der Waals surface area contributed by atoms with E-state index in [1.165, 1.54) is 0 Å². The van der Waals surface area contributed by atoms with Crippen molar-refractivity contribution in [3.8, 4) is 11.4 Å². The molecule has 1 aromatic carbocycles. The number of aromatic nitrogens is 3. The molecule has 3 aromatic rings. The van der Waals surface area contributed by atoms with Crippen LogP contribution in [0.25, 0.3) is 11.4 Å². The van der Waals surface area contributed by atoms with Crippen LogP contribution in [0.1, 0.15) is 23.4 Å². The largest absolute Gasteiger partial charge is 0.361 e. The van der Waals surface area contributed by atoms with E-state index in [0.717, 1.165) is 29.9 Å². The fourth-order valence-electron chi connectivity index (χ4n) is 2.41. The van der Waals surface area contributed by atoms with Crippen molar-refractivity contribution in [1.29, 1.82) is 0 Å². The second-order valence-electron chi connectivity index (χ2n) is 5.41. The zero-order chi connectivity index (χ0) is 17.1. The Morgan fingerprint density at radius 3 is 2.46 bits per heavy atom. The number of nitrogens with zero attached hydrogens (tertiary/aromatic N) is 3. The zero-order valence-electron chi connectivity index (χ0n) is 13.3. The minimum absolute atomic E-state index is 0.361. The lowest BCUT2D eigenvalue weighted by atomic mass is 10.1. The first-order valence-corrected chi connectivity index (χ1v) is 8.24. The van der Waals surface area contributed by atoms with Gasteiger partial charge in [0.25, 0.3) is 0 Å². The van der Waals surface area contributed by atoms with Crippen LogP contribution in [-0.4, -0.2) is 21.8 Å². The number of hydrogen-bond donors (Lipinski definition) is 1. The third kappa shape index (κ3) is 3.88. The van der Waals surface area contributed by atoms with E-state index in [4.69, 9.17) is 32.2 Å². The standard InChI is InChI=1S/C16H16Cl2N4O2/c1-9-14(10(2)23-21-9)4-3-5-19-16-20-15(22-24-16)11-6-12(17)8-13(18)7-11/h6-8H,3-5H2,1-2H3,(H,19,20,22). The van der Waals surface area contributed by atoms with Gasteiger partial charge in [0, 0.05) is 27.7 Å². The molecule has 24 heavy (non-hydrogen) atoms. The lowest BCUT2D eigenvalue weighted by Gasteiger charge is -2.01. The van der Waals surface area contributed by atoms with Gasteiger partial charge in [-0.2, -0.15) is 4.98 Å². The SMILES string of the molecule is Cc1noc(C)c1CCCNc1nc(-c2cc(Cl)cc(Cl)c2)no1. The van der Waals surface area contributed by atoms with Crippen LogP contribution in [0.4, 0.5) is 6.01 Å². The summed E-state index contributed by atoms with van der Waals surface area (Å²) in [5, 5.41) is 12.0. The maximum atomic E-state index is 5.98. The zero-order valence-corrected chi connectivity index (χ0v) is 14.8. The quantitative estimate of drug-likeness (QED) is 0.637. The van der Waals surface area contributed by atoms with Gasteiger partial charge in [0.1, 0.15) is 5.76 Å². The molecular weight excluding hydrogens is 351 g/mol. The lowest BCUT2D eigenvalue weighted by Crippen LogP contribution is -2.03. The first-order chi connectivity index (χ1) is 11.5. The molecule has 0 atom stereocenters. The Kier molecular flexibility index (Phi) is 5.06. The molecule has 2 heterocycles. The molecule has 0 fully saturated rings. The van der Waals surface area contributed by atoms with E-state index in [0.29, 0.717) is 34.0 Å². The summed E-state index contributed by atoms with van der Waals surface area (Å²) in [6.45, 7) is 4.56. The highest BCUT2D eigenvalue weighted by Crippen LogP contribution is 2.26. The summed E-state index contributed by atoms with van der Waals surface area (Å²) in [6, 6.07) is 5.49. The minimum atomic E-state index is 0.361. The van der Waals surface area contributed by atoms with E-state index in [1.807, 2.05) is 13.8 Å². The lowest BCUT2D eigenvalue weighted by molar-refractivity contribution is 0.392. The Hall–Kier alpha value is -2.05. The number of aryl methyl sites for hydroxylation is 2. The van der Waals surface area contributed by atoms with Crippen LogP contribution >= 0.6 is 23.2 Å². The summed E-state index contributed by atoms with van der Waals surface area (Å²) in [6.07, 6.45) is 1.77. The fourth-order valence-corrected chi connectivity index (χ4v) is 2.94. The normalized spacial score (nSPS) is 11.0. The van der Waals surface area contributed by atoms with Gasteiger partial charge in [0.2, 0.25) is 5.82 Å². The molecule has 126 valence electrons. The molecule has 6 nitrogen and oxygen atoms in total. The van der Waals surface area contributed by atoms with Gasteiger partial charge in [0.15, 0.2) is 0 Å². The molecule has 0 spiro atoms. The van der Waals surface area contributed by atoms with E-state index in [9.17, 15) is 0 Å². The van der Waals surface area contributed by atoms with Crippen LogP contribution in [0.5, 0.6) is 0 Å². The monoisotopic (exact) mass is 366 g/mol. The molecule has 0 saturated heterocycles. The molecule has 3 rings (SSSR count). The van der Waals surface area contributed by atoms with Crippen molar-refractivity contribution in [1.82, 2.24) is 15.3 Å². The first kappa shape index (κ1) is 16.8.